The molecular formula is C18H19FN6S. The zero-order valence-corrected chi connectivity index (χ0v) is 15.5. The molecule has 4 aromatic rings. The number of aromatic nitrogens is 5. The van der Waals surface area contributed by atoms with Crippen molar-refractivity contribution in [1.82, 2.24) is 29.7 Å². The average molecular weight is 370 g/mol. The van der Waals surface area contributed by atoms with Crippen molar-refractivity contribution >= 4 is 27.2 Å². The Bertz CT molecular complexity index is 1090. The van der Waals surface area contributed by atoms with Crippen LogP contribution in [0.25, 0.3) is 26.4 Å². The van der Waals surface area contributed by atoms with E-state index in [2.05, 4.69) is 10.4 Å². The molecule has 8 heteroatoms. The van der Waals surface area contributed by atoms with E-state index in [1.165, 1.54) is 4.68 Å². The summed E-state index contributed by atoms with van der Waals surface area (Å²) in [5.74, 6) is 0.191. The number of hydrogen-bond donors (Lipinski definition) is 1. The lowest BCUT2D eigenvalue weighted by molar-refractivity contribution is 0.454. The molecule has 5 rings (SSSR count). The molecule has 1 fully saturated rings. The highest BCUT2D eigenvalue weighted by atomic mass is 32.1. The van der Waals surface area contributed by atoms with Crippen LogP contribution >= 0.6 is 11.3 Å². The van der Waals surface area contributed by atoms with Gasteiger partial charge in [-0.05, 0) is 50.6 Å². The minimum atomic E-state index is -0.320. The number of fused-ring (bicyclic) bond motifs is 2. The van der Waals surface area contributed by atoms with Gasteiger partial charge in [-0.2, -0.15) is 14.6 Å². The molecule has 3 aromatic heterocycles. The summed E-state index contributed by atoms with van der Waals surface area (Å²) in [6, 6.07) is 3.84. The van der Waals surface area contributed by atoms with Crippen molar-refractivity contribution in [2.24, 2.45) is 7.05 Å². The zero-order chi connectivity index (χ0) is 17.8. The van der Waals surface area contributed by atoms with Crippen LogP contribution in [0.4, 0.5) is 4.39 Å². The van der Waals surface area contributed by atoms with Crippen molar-refractivity contribution < 1.29 is 4.39 Å². The zero-order valence-electron chi connectivity index (χ0n) is 14.7. The molecule has 1 saturated heterocycles. The second kappa shape index (κ2) is 5.85. The van der Waals surface area contributed by atoms with E-state index in [1.54, 1.807) is 18.4 Å². The maximum atomic E-state index is 14.3. The predicted octanol–water partition coefficient (Wildman–Crippen LogP) is 3.26. The van der Waals surface area contributed by atoms with Crippen LogP contribution in [-0.4, -0.2) is 37.5 Å². The quantitative estimate of drug-likeness (QED) is 0.588. The molecule has 0 unspecified atom stereocenters. The molecule has 1 aliphatic rings. The Labute approximate surface area is 153 Å². The lowest BCUT2D eigenvalue weighted by atomic mass is 9.95. The molecule has 26 heavy (non-hydrogen) atoms. The van der Waals surface area contributed by atoms with Crippen molar-refractivity contribution in [3.8, 4) is 10.6 Å². The van der Waals surface area contributed by atoms with Gasteiger partial charge in [0.05, 0.1) is 22.8 Å². The van der Waals surface area contributed by atoms with Crippen molar-refractivity contribution in [3.63, 3.8) is 0 Å². The Morgan fingerprint density at radius 1 is 1.23 bits per heavy atom. The van der Waals surface area contributed by atoms with E-state index in [1.807, 2.05) is 29.8 Å². The molecule has 4 heterocycles. The highest BCUT2D eigenvalue weighted by Gasteiger charge is 2.20. The van der Waals surface area contributed by atoms with Crippen molar-refractivity contribution in [2.45, 2.75) is 25.7 Å². The molecule has 1 aliphatic heterocycles. The van der Waals surface area contributed by atoms with Crippen LogP contribution < -0.4 is 5.32 Å². The van der Waals surface area contributed by atoms with Gasteiger partial charge >= 0.3 is 0 Å². The molecule has 0 amide bonds. The van der Waals surface area contributed by atoms with Crippen LogP contribution in [0.15, 0.2) is 18.3 Å². The number of nitrogens with zero attached hydrogens (tertiary/aromatic N) is 5. The van der Waals surface area contributed by atoms with Gasteiger partial charge in [0.2, 0.25) is 10.9 Å². The molecule has 0 spiro atoms. The Morgan fingerprint density at radius 3 is 2.81 bits per heavy atom. The van der Waals surface area contributed by atoms with E-state index >= 15 is 0 Å². The first-order valence-electron chi connectivity index (χ1n) is 8.80. The van der Waals surface area contributed by atoms with Crippen LogP contribution in [0.1, 0.15) is 30.0 Å². The summed E-state index contributed by atoms with van der Waals surface area (Å²) in [5.41, 5.74) is 3.67. The summed E-state index contributed by atoms with van der Waals surface area (Å²) in [5, 5.41) is 13.7. The van der Waals surface area contributed by atoms with Crippen molar-refractivity contribution in [2.75, 3.05) is 13.1 Å². The number of hydrogen-bond acceptors (Lipinski definition) is 5. The monoisotopic (exact) mass is 370 g/mol. The average Bonchev–Trinajstić information content (AvgIpc) is 3.29. The van der Waals surface area contributed by atoms with Gasteiger partial charge in [0.15, 0.2) is 0 Å². The lowest BCUT2D eigenvalue weighted by Crippen LogP contribution is -2.26. The molecule has 0 radical (unpaired) electrons. The van der Waals surface area contributed by atoms with Gasteiger partial charge in [0.25, 0.3) is 0 Å². The number of halogens is 1. The number of nitrogens with one attached hydrogen (secondary N) is 1. The fourth-order valence-electron chi connectivity index (χ4n) is 3.71. The van der Waals surface area contributed by atoms with Crippen LogP contribution in [-0.2, 0) is 7.05 Å². The lowest BCUT2D eigenvalue weighted by Gasteiger charge is -2.20. The van der Waals surface area contributed by atoms with Crippen LogP contribution in [0, 0.1) is 12.9 Å². The first-order valence-corrected chi connectivity index (χ1v) is 9.62. The van der Waals surface area contributed by atoms with E-state index in [4.69, 9.17) is 10.1 Å². The third-order valence-electron chi connectivity index (χ3n) is 5.12. The largest absolute Gasteiger partial charge is 0.317 e. The van der Waals surface area contributed by atoms with Gasteiger partial charge in [-0.1, -0.05) is 11.3 Å². The molecule has 0 bridgehead atoms. The minimum Gasteiger partial charge on any atom is -0.317 e. The number of imidazole rings is 1. The van der Waals surface area contributed by atoms with Crippen LogP contribution in [0.3, 0.4) is 0 Å². The number of piperidine rings is 1. The molecule has 1 aromatic carbocycles. The molecule has 0 aliphatic carbocycles. The smallest absolute Gasteiger partial charge is 0.219 e. The first kappa shape index (κ1) is 15.9. The summed E-state index contributed by atoms with van der Waals surface area (Å²) in [6.45, 7) is 4.04. The second-order valence-corrected chi connectivity index (χ2v) is 7.88. The molecular weight excluding hydrogens is 351 g/mol. The van der Waals surface area contributed by atoms with E-state index in [9.17, 15) is 4.39 Å². The topological polar surface area (TPSA) is 60.0 Å². The van der Waals surface area contributed by atoms with E-state index < -0.39 is 0 Å². The van der Waals surface area contributed by atoms with Gasteiger partial charge in [-0.25, -0.2) is 14.2 Å². The van der Waals surface area contributed by atoms with E-state index in [0.717, 1.165) is 52.7 Å². The summed E-state index contributed by atoms with van der Waals surface area (Å²) in [7, 11) is 1.62. The van der Waals surface area contributed by atoms with Gasteiger partial charge in [0.1, 0.15) is 5.01 Å². The van der Waals surface area contributed by atoms with Gasteiger partial charge < -0.3 is 5.32 Å². The highest BCUT2D eigenvalue weighted by Crippen LogP contribution is 2.32. The Hall–Kier alpha value is -2.32. The van der Waals surface area contributed by atoms with E-state index in [0.29, 0.717) is 16.8 Å². The molecule has 0 saturated carbocycles. The van der Waals surface area contributed by atoms with Crippen LogP contribution in [0.5, 0.6) is 0 Å². The Morgan fingerprint density at radius 2 is 2.04 bits per heavy atom. The summed E-state index contributed by atoms with van der Waals surface area (Å²) < 4.78 is 17.4. The molecule has 134 valence electrons. The third-order valence-corrected chi connectivity index (χ3v) is 6.09. The Balaban J connectivity index is 1.55. The number of rotatable bonds is 2. The Kier molecular flexibility index (Phi) is 3.58. The summed E-state index contributed by atoms with van der Waals surface area (Å²) in [6.07, 6.45) is 4.28. The highest BCUT2D eigenvalue weighted by molar-refractivity contribution is 7.19. The van der Waals surface area contributed by atoms with Crippen LogP contribution in [0.2, 0.25) is 0 Å². The predicted molar refractivity (Wildman–Crippen MR) is 100 cm³/mol. The number of aryl methyl sites for hydroxylation is 2. The fraction of sp³-hybridized carbons (Fsp3) is 0.389. The minimum absolute atomic E-state index is 0.320. The molecule has 1 N–H and O–H groups in total. The first-order chi connectivity index (χ1) is 12.6. The second-order valence-electron chi connectivity index (χ2n) is 6.93. The maximum absolute atomic E-state index is 14.3. The van der Waals surface area contributed by atoms with E-state index in [-0.39, 0.29) is 5.95 Å². The SMILES string of the molecule is Cc1cc(-c2nn3cc(C4CCNCC4)nc3s2)cc2c(F)n(C)nc12. The fourth-order valence-corrected chi connectivity index (χ4v) is 4.58. The van der Waals surface area contributed by atoms with Crippen molar-refractivity contribution in [3.05, 3.63) is 35.5 Å². The summed E-state index contributed by atoms with van der Waals surface area (Å²) in [4.78, 5) is 5.68. The van der Waals surface area contributed by atoms with Crippen molar-refractivity contribution in [1.29, 1.82) is 0 Å². The number of benzene rings is 1. The molecule has 6 nitrogen and oxygen atoms in total. The van der Waals surface area contributed by atoms with Gasteiger partial charge in [-0.3, -0.25) is 0 Å². The maximum Gasteiger partial charge on any atom is 0.219 e. The van der Waals surface area contributed by atoms with Gasteiger partial charge in [-0.15, -0.1) is 0 Å². The summed E-state index contributed by atoms with van der Waals surface area (Å²) >= 11 is 1.54. The van der Waals surface area contributed by atoms with Gasteiger partial charge in [0, 0.05) is 18.5 Å². The standard InChI is InChI=1S/C18H19FN6S/c1-10-7-12(8-13-15(10)22-24(2)16(13)19)17-23-25-9-14(21-18(25)26-17)11-3-5-20-6-4-11/h7-9,11,20H,3-6H2,1-2H3. The normalized spacial score (nSPS) is 16.1. The molecule has 0 atom stereocenters. The third kappa shape index (κ3) is 2.44.